The van der Waals surface area contributed by atoms with E-state index in [9.17, 15) is 19.3 Å². The highest BCUT2D eigenvalue weighted by Gasteiger charge is 2.17. The average molecular weight is 334 g/mol. The van der Waals surface area contributed by atoms with Crippen molar-refractivity contribution in [3.63, 3.8) is 0 Å². The van der Waals surface area contributed by atoms with Gasteiger partial charge in [-0.1, -0.05) is 18.2 Å². The van der Waals surface area contributed by atoms with Gasteiger partial charge in [0.25, 0.3) is 5.91 Å². The molecular formula is C16H15FN2O5. The molecule has 0 saturated carbocycles. The predicted molar refractivity (Wildman–Crippen MR) is 83.4 cm³/mol. The summed E-state index contributed by atoms with van der Waals surface area (Å²) in [7, 11) is 1.38. The van der Waals surface area contributed by atoms with Crippen LogP contribution in [0.2, 0.25) is 0 Å². The summed E-state index contributed by atoms with van der Waals surface area (Å²) in [5.74, 6) is -0.701. The Hall–Kier alpha value is -3.16. The van der Waals surface area contributed by atoms with E-state index in [4.69, 9.17) is 9.47 Å². The van der Waals surface area contributed by atoms with Crippen LogP contribution < -0.4 is 14.8 Å². The molecule has 1 N–H and O–H groups in total. The molecule has 2 aromatic rings. The van der Waals surface area contributed by atoms with Crippen molar-refractivity contribution in [2.24, 2.45) is 0 Å². The lowest BCUT2D eigenvalue weighted by Gasteiger charge is -2.09. The van der Waals surface area contributed by atoms with Gasteiger partial charge in [-0.2, -0.15) is 0 Å². The van der Waals surface area contributed by atoms with Crippen LogP contribution in [0.4, 0.5) is 10.1 Å². The maximum atomic E-state index is 13.4. The molecule has 2 aromatic carbocycles. The van der Waals surface area contributed by atoms with Crippen molar-refractivity contribution < 1.29 is 23.6 Å². The molecule has 0 bridgehead atoms. The molecule has 1 amide bonds. The number of ether oxygens (including phenoxy) is 2. The Balaban J connectivity index is 1.94. The Morgan fingerprint density at radius 3 is 2.71 bits per heavy atom. The van der Waals surface area contributed by atoms with Crippen LogP contribution in [0.15, 0.2) is 42.5 Å². The van der Waals surface area contributed by atoms with Gasteiger partial charge in [0, 0.05) is 12.1 Å². The van der Waals surface area contributed by atoms with Gasteiger partial charge in [0.1, 0.15) is 11.6 Å². The molecule has 0 saturated heterocycles. The highest BCUT2D eigenvalue weighted by Crippen LogP contribution is 2.30. The Morgan fingerprint density at radius 1 is 1.29 bits per heavy atom. The minimum Gasteiger partial charge on any atom is -0.496 e. The highest BCUT2D eigenvalue weighted by atomic mass is 19.1. The van der Waals surface area contributed by atoms with Gasteiger partial charge in [0.2, 0.25) is 0 Å². The molecular weight excluding hydrogens is 319 g/mol. The fraction of sp³-hybridized carbons (Fsp3) is 0.188. The van der Waals surface area contributed by atoms with Crippen molar-refractivity contribution in [1.82, 2.24) is 5.32 Å². The first-order chi connectivity index (χ1) is 11.5. The number of rotatable bonds is 7. The van der Waals surface area contributed by atoms with Crippen LogP contribution in [0.25, 0.3) is 0 Å². The maximum Gasteiger partial charge on any atom is 0.314 e. The number of nitrogens with one attached hydrogen (secondary N) is 1. The largest absolute Gasteiger partial charge is 0.496 e. The van der Waals surface area contributed by atoms with E-state index >= 15 is 0 Å². The lowest BCUT2D eigenvalue weighted by molar-refractivity contribution is -0.385. The van der Waals surface area contributed by atoms with Crippen LogP contribution in [0.1, 0.15) is 5.56 Å². The van der Waals surface area contributed by atoms with E-state index in [1.165, 1.54) is 31.4 Å². The molecule has 0 unspecified atom stereocenters. The van der Waals surface area contributed by atoms with Crippen LogP contribution in [-0.4, -0.2) is 24.5 Å². The lowest BCUT2D eigenvalue weighted by Crippen LogP contribution is -2.28. The van der Waals surface area contributed by atoms with E-state index in [1.54, 1.807) is 18.2 Å². The van der Waals surface area contributed by atoms with Crippen molar-refractivity contribution in [1.29, 1.82) is 0 Å². The van der Waals surface area contributed by atoms with E-state index < -0.39 is 23.3 Å². The summed E-state index contributed by atoms with van der Waals surface area (Å²) in [6.07, 6.45) is 0. The van der Waals surface area contributed by atoms with Crippen LogP contribution >= 0.6 is 0 Å². The topological polar surface area (TPSA) is 90.7 Å². The summed E-state index contributed by atoms with van der Waals surface area (Å²) < 4.78 is 23.5. The van der Waals surface area contributed by atoms with Crippen molar-refractivity contribution in [2.75, 3.05) is 13.7 Å². The summed E-state index contributed by atoms with van der Waals surface area (Å²) in [5, 5.41) is 13.5. The molecule has 126 valence electrons. The second-order valence-electron chi connectivity index (χ2n) is 4.75. The monoisotopic (exact) mass is 334 g/mol. The van der Waals surface area contributed by atoms with Crippen LogP contribution in [0.3, 0.4) is 0 Å². The minimum atomic E-state index is -0.630. The van der Waals surface area contributed by atoms with Crippen LogP contribution in [0, 0.1) is 15.9 Å². The molecule has 2 rings (SSSR count). The molecule has 0 radical (unpaired) electrons. The average Bonchev–Trinajstić information content (AvgIpc) is 2.59. The van der Waals surface area contributed by atoms with Gasteiger partial charge in [-0.15, -0.1) is 0 Å². The Morgan fingerprint density at radius 2 is 2.04 bits per heavy atom. The molecule has 0 spiro atoms. The molecule has 0 aromatic heterocycles. The first-order valence-corrected chi connectivity index (χ1v) is 6.96. The van der Waals surface area contributed by atoms with Gasteiger partial charge in [0.15, 0.2) is 12.4 Å². The predicted octanol–water partition coefficient (Wildman–Crippen LogP) is 2.44. The zero-order valence-electron chi connectivity index (χ0n) is 12.8. The second kappa shape index (κ2) is 7.91. The van der Waals surface area contributed by atoms with Gasteiger partial charge >= 0.3 is 5.69 Å². The van der Waals surface area contributed by atoms with Crippen LogP contribution in [0.5, 0.6) is 11.5 Å². The number of hydrogen-bond acceptors (Lipinski definition) is 5. The first-order valence-electron chi connectivity index (χ1n) is 6.96. The summed E-state index contributed by atoms with van der Waals surface area (Å²) in [5.41, 5.74) is 0.0255. The summed E-state index contributed by atoms with van der Waals surface area (Å²) in [4.78, 5) is 22.1. The summed E-state index contributed by atoms with van der Waals surface area (Å²) in [6, 6.07) is 10.1. The first kappa shape index (κ1) is 17.2. The van der Waals surface area contributed by atoms with E-state index in [-0.39, 0.29) is 18.0 Å². The standard InChI is InChI=1S/C16H15FN2O5/c1-23-12-6-7-15(14(8-12)19(21)22)24-10-16(20)18-9-11-4-2-3-5-13(11)17/h2-8H,9-10H2,1H3,(H,18,20). The number of nitro benzene ring substituents is 1. The molecule has 7 nitrogen and oxygen atoms in total. The highest BCUT2D eigenvalue weighted by molar-refractivity contribution is 5.77. The molecule has 0 aliphatic carbocycles. The van der Waals surface area contributed by atoms with E-state index in [1.807, 2.05) is 0 Å². The number of amides is 1. The molecule has 8 heteroatoms. The second-order valence-corrected chi connectivity index (χ2v) is 4.75. The van der Waals surface area contributed by atoms with E-state index in [0.717, 1.165) is 0 Å². The summed E-state index contributed by atoms with van der Waals surface area (Å²) >= 11 is 0. The lowest BCUT2D eigenvalue weighted by atomic mass is 10.2. The molecule has 0 heterocycles. The fourth-order valence-corrected chi connectivity index (χ4v) is 1.92. The number of benzene rings is 2. The quantitative estimate of drug-likeness (QED) is 0.620. The number of hydrogen-bond donors (Lipinski definition) is 1. The number of carbonyl (C=O) groups is 1. The molecule has 0 atom stereocenters. The van der Waals surface area contributed by atoms with Crippen LogP contribution in [-0.2, 0) is 11.3 Å². The normalized spacial score (nSPS) is 10.1. The third kappa shape index (κ3) is 4.42. The zero-order valence-corrected chi connectivity index (χ0v) is 12.8. The van der Waals surface area contributed by atoms with Gasteiger partial charge in [-0.05, 0) is 18.2 Å². The van der Waals surface area contributed by atoms with Gasteiger partial charge < -0.3 is 14.8 Å². The minimum absolute atomic E-state index is 0.000424. The molecule has 0 fully saturated rings. The van der Waals surface area contributed by atoms with Gasteiger partial charge in [-0.25, -0.2) is 4.39 Å². The zero-order chi connectivity index (χ0) is 17.5. The Bertz CT molecular complexity index is 751. The number of nitro groups is 1. The van der Waals surface area contributed by atoms with Crippen molar-refractivity contribution in [2.45, 2.75) is 6.54 Å². The molecule has 0 aliphatic heterocycles. The fourth-order valence-electron chi connectivity index (χ4n) is 1.92. The smallest absolute Gasteiger partial charge is 0.314 e. The maximum absolute atomic E-state index is 13.4. The SMILES string of the molecule is COc1ccc(OCC(=O)NCc2ccccc2F)c([N+](=O)[O-])c1. The van der Waals surface area contributed by atoms with Crippen molar-refractivity contribution in [3.8, 4) is 11.5 Å². The number of nitrogens with zero attached hydrogens (tertiary/aromatic N) is 1. The van der Waals surface area contributed by atoms with E-state index in [2.05, 4.69) is 5.32 Å². The third-order valence-corrected chi connectivity index (χ3v) is 3.16. The molecule has 24 heavy (non-hydrogen) atoms. The summed E-state index contributed by atoms with van der Waals surface area (Å²) in [6.45, 7) is -0.429. The van der Waals surface area contributed by atoms with Gasteiger partial charge in [-0.3, -0.25) is 14.9 Å². The van der Waals surface area contributed by atoms with Crippen molar-refractivity contribution in [3.05, 3.63) is 64.0 Å². The number of halogens is 1. The van der Waals surface area contributed by atoms with E-state index in [0.29, 0.717) is 11.3 Å². The Kier molecular flexibility index (Phi) is 5.67. The Labute approximate surface area is 137 Å². The van der Waals surface area contributed by atoms with Crippen molar-refractivity contribution >= 4 is 11.6 Å². The van der Waals surface area contributed by atoms with Gasteiger partial charge in [0.05, 0.1) is 18.1 Å². The number of methoxy groups -OCH3 is 1. The molecule has 0 aliphatic rings. The third-order valence-electron chi connectivity index (χ3n) is 3.16. The number of carbonyl (C=O) groups excluding carboxylic acids is 1.